The maximum absolute atomic E-state index is 12.1. The van der Waals surface area contributed by atoms with E-state index in [4.69, 9.17) is 17.3 Å². The molecule has 15 heavy (non-hydrogen) atoms. The first-order chi connectivity index (χ1) is 6.73. The first-order valence-corrected chi connectivity index (χ1v) is 4.28. The Kier molecular flexibility index (Phi) is 2.95. The van der Waals surface area contributed by atoms with Gasteiger partial charge in [0.2, 0.25) is 0 Å². The van der Waals surface area contributed by atoms with Gasteiger partial charge >= 0.3 is 6.18 Å². The molecule has 82 valence electrons. The Morgan fingerprint density at radius 1 is 1.40 bits per heavy atom. The number of carbonyl (C=O) groups is 1. The maximum atomic E-state index is 12.1. The van der Waals surface area contributed by atoms with Crippen LogP contribution < -0.4 is 5.73 Å². The molecule has 0 bridgehead atoms. The number of aryl methyl sites for hydroxylation is 1. The number of hydrogen-bond acceptors (Lipinski definition) is 2. The Hall–Kier alpha value is -1.23. The van der Waals surface area contributed by atoms with Crippen LogP contribution in [0.15, 0.2) is 12.1 Å². The van der Waals surface area contributed by atoms with E-state index in [-0.39, 0.29) is 10.7 Å². The van der Waals surface area contributed by atoms with Crippen molar-refractivity contribution in [1.82, 2.24) is 0 Å². The zero-order valence-electron chi connectivity index (χ0n) is 7.65. The molecule has 0 aliphatic carbocycles. The van der Waals surface area contributed by atoms with E-state index in [1.54, 1.807) is 0 Å². The number of carbonyl (C=O) groups excluding carboxylic acids is 1. The van der Waals surface area contributed by atoms with Gasteiger partial charge in [0.05, 0.1) is 5.56 Å². The molecule has 0 aliphatic rings. The number of rotatable bonds is 1. The van der Waals surface area contributed by atoms with E-state index in [0.717, 1.165) is 6.07 Å². The van der Waals surface area contributed by atoms with Gasteiger partial charge < -0.3 is 5.73 Å². The van der Waals surface area contributed by atoms with Crippen LogP contribution in [-0.2, 0) is 0 Å². The summed E-state index contributed by atoms with van der Waals surface area (Å²) in [5.74, 6) is -1.98. The van der Waals surface area contributed by atoms with E-state index in [9.17, 15) is 18.0 Å². The lowest BCUT2D eigenvalue weighted by atomic mass is 10.0. The van der Waals surface area contributed by atoms with Gasteiger partial charge in [0.1, 0.15) is 0 Å². The third kappa shape index (κ3) is 2.41. The van der Waals surface area contributed by atoms with Crippen molar-refractivity contribution >= 4 is 23.1 Å². The Morgan fingerprint density at radius 3 is 2.40 bits per heavy atom. The summed E-state index contributed by atoms with van der Waals surface area (Å²) >= 11 is 5.54. The van der Waals surface area contributed by atoms with Crippen LogP contribution in [0.25, 0.3) is 0 Å². The van der Waals surface area contributed by atoms with Crippen molar-refractivity contribution in [3.8, 4) is 0 Å². The molecule has 1 aromatic carbocycles. The first-order valence-electron chi connectivity index (χ1n) is 3.90. The zero-order chi connectivity index (χ0) is 11.8. The minimum Gasteiger partial charge on any atom is -0.398 e. The molecule has 2 N–H and O–H groups in total. The Balaban J connectivity index is 3.32. The number of nitrogen functional groups attached to an aromatic ring is 1. The number of benzene rings is 1. The Bertz CT molecular complexity index is 415. The van der Waals surface area contributed by atoms with Gasteiger partial charge in [0.25, 0.3) is 5.78 Å². The SMILES string of the molecule is Cc1cc(Cl)cc(C(=O)C(F)(F)F)c1N. The fraction of sp³-hybridized carbons (Fsp3) is 0.222. The van der Waals surface area contributed by atoms with Gasteiger partial charge in [-0.15, -0.1) is 0 Å². The van der Waals surface area contributed by atoms with Crippen LogP contribution in [0.5, 0.6) is 0 Å². The number of ketones is 1. The van der Waals surface area contributed by atoms with Gasteiger partial charge in [0, 0.05) is 10.7 Å². The summed E-state index contributed by atoms with van der Waals surface area (Å²) in [4.78, 5) is 10.9. The van der Waals surface area contributed by atoms with E-state index < -0.39 is 17.5 Å². The van der Waals surface area contributed by atoms with Crippen molar-refractivity contribution in [2.75, 3.05) is 5.73 Å². The third-order valence-corrected chi connectivity index (χ3v) is 2.07. The van der Waals surface area contributed by atoms with Gasteiger partial charge in [-0.25, -0.2) is 0 Å². The topological polar surface area (TPSA) is 43.1 Å². The summed E-state index contributed by atoms with van der Waals surface area (Å²) in [6, 6.07) is 2.31. The molecule has 6 heteroatoms. The van der Waals surface area contributed by atoms with Crippen molar-refractivity contribution in [2.45, 2.75) is 13.1 Å². The summed E-state index contributed by atoms with van der Waals surface area (Å²) in [6.07, 6.45) is -4.94. The number of anilines is 1. The molecule has 2 nitrogen and oxygen atoms in total. The van der Waals surface area contributed by atoms with Crippen LogP contribution in [0.2, 0.25) is 5.02 Å². The Morgan fingerprint density at radius 2 is 1.93 bits per heavy atom. The highest BCUT2D eigenvalue weighted by Gasteiger charge is 2.40. The molecule has 1 aromatic rings. The molecule has 0 amide bonds. The first kappa shape index (κ1) is 11.8. The monoisotopic (exact) mass is 237 g/mol. The number of Topliss-reactive ketones (excluding diaryl/α,β-unsaturated/α-hetero) is 1. The predicted octanol–water partition coefficient (Wildman–Crippen LogP) is 2.98. The van der Waals surface area contributed by atoms with Gasteiger partial charge in [-0.1, -0.05) is 11.6 Å². The lowest BCUT2D eigenvalue weighted by Gasteiger charge is -2.10. The molecule has 0 saturated heterocycles. The lowest BCUT2D eigenvalue weighted by molar-refractivity contribution is -0.0884. The van der Waals surface area contributed by atoms with E-state index in [1.165, 1.54) is 13.0 Å². The summed E-state index contributed by atoms with van der Waals surface area (Å²) in [7, 11) is 0. The number of alkyl halides is 3. The van der Waals surface area contributed by atoms with Gasteiger partial charge in [0.15, 0.2) is 0 Å². The number of nitrogens with two attached hydrogens (primary N) is 1. The summed E-state index contributed by atoms with van der Waals surface area (Å²) in [5, 5.41) is 0.0503. The molecule has 0 radical (unpaired) electrons. The largest absolute Gasteiger partial charge is 0.454 e. The smallest absolute Gasteiger partial charge is 0.398 e. The second-order valence-electron chi connectivity index (χ2n) is 3.01. The second kappa shape index (κ2) is 3.73. The van der Waals surface area contributed by atoms with E-state index in [2.05, 4.69) is 0 Å². The van der Waals surface area contributed by atoms with E-state index >= 15 is 0 Å². The van der Waals surface area contributed by atoms with Crippen molar-refractivity contribution in [3.05, 3.63) is 28.3 Å². The molecular weight excluding hydrogens is 231 g/mol. The number of halogens is 4. The molecular formula is C9H7ClF3NO. The molecule has 0 aromatic heterocycles. The van der Waals surface area contributed by atoms with Crippen molar-refractivity contribution < 1.29 is 18.0 Å². The lowest BCUT2D eigenvalue weighted by Crippen LogP contribution is -2.24. The average molecular weight is 238 g/mol. The fourth-order valence-electron chi connectivity index (χ4n) is 1.09. The summed E-state index contributed by atoms with van der Waals surface area (Å²) < 4.78 is 36.4. The normalized spacial score (nSPS) is 11.5. The second-order valence-corrected chi connectivity index (χ2v) is 3.45. The molecule has 0 heterocycles. The van der Waals surface area contributed by atoms with Crippen LogP contribution in [0.3, 0.4) is 0 Å². The molecule has 0 fully saturated rings. The molecule has 0 spiro atoms. The number of hydrogen-bond donors (Lipinski definition) is 1. The zero-order valence-corrected chi connectivity index (χ0v) is 8.41. The Labute approximate surface area is 88.8 Å². The van der Waals surface area contributed by atoms with Crippen LogP contribution in [0.4, 0.5) is 18.9 Å². The minimum atomic E-state index is -4.94. The van der Waals surface area contributed by atoms with Gasteiger partial charge in [-0.3, -0.25) is 4.79 Å². The highest BCUT2D eigenvalue weighted by Crippen LogP contribution is 2.29. The van der Waals surface area contributed by atoms with Gasteiger partial charge in [-0.2, -0.15) is 13.2 Å². The highest BCUT2D eigenvalue weighted by atomic mass is 35.5. The summed E-state index contributed by atoms with van der Waals surface area (Å²) in [5.41, 5.74) is 4.92. The quantitative estimate of drug-likeness (QED) is 0.603. The average Bonchev–Trinajstić information content (AvgIpc) is 2.08. The van der Waals surface area contributed by atoms with Crippen molar-refractivity contribution in [3.63, 3.8) is 0 Å². The molecule has 1 rings (SSSR count). The van der Waals surface area contributed by atoms with Crippen LogP contribution in [0.1, 0.15) is 15.9 Å². The molecule has 0 unspecified atom stereocenters. The van der Waals surface area contributed by atoms with E-state index in [1.807, 2.05) is 0 Å². The van der Waals surface area contributed by atoms with E-state index in [0.29, 0.717) is 5.56 Å². The van der Waals surface area contributed by atoms with Crippen LogP contribution >= 0.6 is 11.6 Å². The molecule has 0 atom stereocenters. The van der Waals surface area contributed by atoms with Gasteiger partial charge in [-0.05, 0) is 24.6 Å². The van der Waals surface area contributed by atoms with Crippen LogP contribution in [0, 0.1) is 6.92 Å². The van der Waals surface area contributed by atoms with Crippen molar-refractivity contribution in [1.29, 1.82) is 0 Å². The predicted molar refractivity (Wildman–Crippen MR) is 51.0 cm³/mol. The van der Waals surface area contributed by atoms with Crippen molar-refractivity contribution in [2.24, 2.45) is 0 Å². The maximum Gasteiger partial charge on any atom is 0.454 e. The molecule has 0 aliphatic heterocycles. The highest BCUT2D eigenvalue weighted by molar-refractivity contribution is 6.31. The fourth-order valence-corrected chi connectivity index (χ4v) is 1.37. The molecule has 0 saturated carbocycles. The third-order valence-electron chi connectivity index (χ3n) is 1.85. The van der Waals surface area contributed by atoms with Crippen LogP contribution in [-0.4, -0.2) is 12.0 Å². The standard InChI is InChI=1S/C9H7ClF3NO/c1-4-2-5(10)3-6(7(4)14)8(15)9(11,12)13/h2-3H,14H2,1H3. The summed E-state index contributed by atoms with van der Waals surface area (Å²) in [6.45, 7) is 1.48. The minimum absolute atomic E-state index is 0.0503.